The van der Waals surface area contributed by atoms with Gasteiger partial charge >= 0.3 is 0 Å². The molecular formula is C16H21N3O3S. The molecule has 1 aliphatic rings. The van der Waals surface area contributed by atoms with Crippen molar-refractivity contribution < 1.29 is 13.2 Å². The minimum Gasteiger partial charge on any atom is -0.492 e. The van der Waals surface area contributed by atoms with Crippen LogP contribution < -0.4 is 9.88 Å². The van der Waals surface area contributed by atoms with Gasteiger partial charge in [-0.1, -0.05) is 0 Å². The smallest absolute Gasteiger partial charge is 0.238 e. The van der Waals surface area contributed by atoms with E-state index in [0.29, 0.717) is 18.4 Å². The third-order valence-electron chi connectivity index (χ3n) is 4.14. The van der Waals surface area contributed by atoms with E-state index in [-0.39, 0.29) is 4.90 Å². The van der Waals surface area contributed by atoms with E-state index in [0.717, 1.165) is 19.5 Å². The van der Waals surface area contributed by atoms with Crippen molar-refractivity contribution in [3.63, 3.8) is 0 Å². The van der Waals surface area contributed by atoms with Gasteiger partial charge in [0.1, 0.15) is 12.4 Å². The average molecular weight is 335 g/mol. The quantitative estimate of drug-likeness (QED) is 0.843. The molecule has 0 saturated carbocycles. The molecule has 1 saturated heterocycles. The van der Waals surface area contributed by atoms with Gasteiger partial charge in [0.2, 0.25) is 10.0 Å². The number of benzene rings is 1. The zero-order chi connectivity index (χ0) is 16.3. The third-order valence-corrected chi connectivity index (χ3v) is 5.07. The molecule has 1 aromatic carbocycles. The van der Waals surface area contributed by atoms with Crippen LogP contribution in [0.3, 0.4) is 0 Å². The second kappa shape index (κ2) is 6.74. The number of ether oxygens (including phenoxy) is 1. The Morgan fingerprint density at radius 2 is 2.04 bits per heavy atom. The Balaban J connectivity index is 1.53. The number of aromatic nitrogens is 1. The van der Waals surface area contributed by atoms with Gasteiger partial charge in [-0.15, -0.1) is 0 Å². The number of hydrogen-bond acceptors (Lipinski definition) is 4. The van der Waals surface area contributed by atoms with Crippen molar-refractivity contribution in [3.05, 3.63) is 48.3 Å². The summed E-state index contributed by atoms with van der Waals surface area (Å²) >= 11 is 0. The van der Waals surface area contributed by atoms with Crippen LogP contribution in [0.4, 0.5) is 0 Å². The van der Waals surface area contributed by atoms with Gasteiger partial charge in [-0.2, -0.15) is 0 Å². The van der Waals surface area contributed by atoms with E-state index < -0.39 is 10.0 Å². The van der Waals surface area contributed by atoms with Gasteiger partial charge in [-0.3, -0.25) is 4.90 Å². The summed E-state index contributed by atoms with van der Waals surface area (Å²) in [7, 11) is -3.65. The molecule has 1 aromatic heterocycles. The molecule has 1 unspecified atom stereocenters. The highest BCUT2D eigenvalue weighted by Crippen LogP contribution is 2.30. The van der Waals surface area contributed by atoms with Crippen LogP contribution >= 0.6 is 0 Å². The fourth-order valence-corrected chi connectivity index (χ4v) is 3.52. The van der Waals surface area contributed by atoms with Crippen molar-refractivity contribution in [2.45, 2.75) is 23.8 Å². The summed E-state index contributed by atoms with van der Waals surface area (Å²) in [5, 5.41) is 5.07. The fourth-order valence-electron chi connectivity index (χ4n) is 3.00. The summed E-state index contributed by atoms with van der Waals surface area (Å²) < 4.78 is 28.1. The Morgan fingerprint density at radius 1 is 1.26 bits per heavy atom. The number of nitrogens with zero attached hydrogens (tertiary/aromatic N) is 1. The molecule has 0 aliphatic carbocycles. The number of sulfonamides is 1. The van der Waals surface area contributed by atoms with Gasteiger partial charge in [0.05, 0.1) is 4.90 Å². The largest absolute Gasteiger partial charge is 0.492 e. The third kappa shape index (κ3) is 3.93. The second-order valence-electron chi connectivity index (χ2n) is 5.68. The lowest BCUT2D eigenvalue weighted by Gasteiger charge is -2.23. The van der Waals surface area contributed by atoms with Crippen LogP contribution in [0.1, 0.15) is 24.6 Å². The van der Waals surface area contributed by atoms with Crippen molar-refractivity contribution in [2.75, 3.05) is 19.7 Å². The topological polar surface area (TPSA) is 88.4 Å². The zero-order valence-electron chi connectivity index (χ0n) is 12.8. The van der Waals surface area contributed by atoms with Crippen LogP contribution in [0.2, 0.25) is 0 Å². The van der Waals surface area contributed by atoms with Crippen molar-refractivity contribution in [2.24, 2.45) is 5.14 Å². The number of primary sulfonamides is 1. The summed E-state index contributed by atoms with van der Waals surface area (Å²) in [6, 6.07) is 10.8. The number of H-pyrrole nitrogens is 1. The highest BCUT2D eigenvalue weighted by Gasteiger charge is 2.26. The van der Waals surface area contributed by atoms with Crippen molar-refractivity contribution in [1.82, 2.24) is 9.88 Å². The summed E-state index contributed by atoms with van der Waals surface area (Å²) in [5.41, 5.74) is 1.25. The lowest BCUT2D eigenvalue weighted by molar-refractivity contribution is 0.195. The van der Waals surface area contributed by atoms with Gasteiger partial charge in [0.25, 0.3) is 0 Å². The van der Waals surface area contributed by atoms with E-state index >= 15 is 0 Å². The molecule has 0 amide bonds. The number of rotatable bonds is 6. The van der Waals surface area contributed by atoms with Gasteiger partial charge in [-0.25, -0.2) is 13.6 Å². The average Bonchev–Trinajstić information content (AvgIpc) is 3.17. The molecule has 124 valence electrons. The Kier molecular flexibility index (Phi) is 4.70. The van der Waals surface area contributed by atoms with E-state index in [1.165, 1.54) is 24.2 Å². The van der Waals surface area contributed by atoms with Crippen molar-refractivity contribution in [1.29, 1.82) is 0 Å². The highest BCUT2D eigenvalue weighted by atomic mass is 32.2. The van der Waals surface area contributed by atoms with Gasteiger partial charge in [0.15, 0.2) is 0 Å². The second-order valence-corrected chi connectivity index (χ2v) is 7.25. The SMILES string of the molecule is NS(=O)(=O)c1ccc(OCCN2CCCC2c2ccc[nH]2)cc1. The number of likely N-dealkylation sites (tertiary alicyclic amines) is 1. The molecular weight excluding hydrogens is 314 g/mol. The minimum atomic E-state index is -3.65. The van der Waals surface area contributed by atoms with E-state index in [4.69, 9.17) is 9.88 Å². The molecule has 0 bridgehead atoms. The van der Waals surface area contributed by atoms with Gasteiger partial charge in [0, 0.05) is 24.5 Å². The summed E-state index contributed by atoms with van der Waals surface area (Å²) in [6.07, 6.45) is 4.30. The van der Waals surface area contributed by atoms with Gasteiger partial charge in [-0.05, 0) is 55.8 Å². The van der Waals surface area contributed by atoms with Crippen molar-refractivity contribution in [3.8, 4) is 5.75 Å². The maximum absolute atomic E-state index is 11.2. The molecule has 23 heavy (non-hydrogen) atoms. The first-order chi connectivity index (χ1) is 11.0. The molecule has 2 heterocycles. The Bertz CT molecular complexity index is 726. The zero-order valence-corrected chi connectivity index (χ0v) is 13.6. The van der Waals surface area contributed by atoms with E-state index in [9.17, 15) is 8.42 Å². The number of hydrogen-bond donors (Lipinski definition) is 2. The molecule has 2 aromatic rings. The maximum atomic E-state index is 11.2. The predicted octanol–water partition coefficient (Wildman–Crippen LogP) is 1.88. The van der Waals surface area contributed by atoms with Crippen molar-refractivity contribution >= 4 is 10.0 Å². The fraction of sp³-hybridized carbons (Fsp3) is 0.375. The molecule has 6 nitrogen and oxygen atoms in total. The van der Waals surface area contributed by atoms with Crippen LogP contribution in [0.5, 0.6) is 5.75 Å². The summed E-state index contributed by atoms with van der Waals surface area (Å²) in [6.45, 7) is 2.46. The molecule has 0 spiro atoms. The van der Waals surface area contributed by atoms with Crippen LogP contribution in [0.25, 0.3) is 0 Å². The molecule has 7 heteroatoms. The number of aromatic amines is 1. The Labute approximate surface area is 136 Å². The number of nitrogens with two attached hydrogens (primary N) is 1. The Morgan fingerprint density at radius 3 is 2.70 bits per heavy atom. The first-order valence-electron chi connectivity index (χ1n) is 7.67. The van der Waals surface area contributed by atoms with E-state index in [1.54, 1.807) is 12.1 Å². The highest BCUT2D eigenvalue weighted by molar-refractivity contribution is 7.89. The number of nitrogens with one attached hydrogen (secondary N) is 1. The molecule has 1 atom stereocenters. The molecule has 1 aliphatic heterocycles. The van der Waals surface area contributed by atoms with Crippen LogP contribution in [0.15, 0.2) is 47.5 Å². The standard InChI is InChI=1S/C16H21N3O3S/c17-23(20,21)14-7-5-13(6-8-14)22-12-11-19-10-2-4-16(19)15-3-1-9-18-15/h1,3,5-9,16,18H,2,4,10-12H2,(H2,17,20,21). The summed E-state index contributed by atoms with van der Waals surface area (Å²) in [4.78, 5) is 5.79. The first kappa shape index (κ1) is 16.0. The van der Waals surface area contributed by atoms with Crippen LogP contribution in [-0.2, 0) is 10.0 Å². The molecule has 0 radical (unpaired) electrons. The lowest BCUT2D eigenvalue weighted by atomic mass is 10.1. The van der Waals surface area contributed by atoms with Gasteiger partial charge < -0.3 is 9.72 Å². The minimum absolute atomic E-state index is 0.0937. The first-order valence-corrected chi connectivity index (χ1v) is 9.22. The normalized spacial score (nSPS) is 19.1. The van der Waals surface area contributed by atoms with E-state index in [1.807, 2.05) is 12.3 Å². The molecule has 3 N–H and O–H groups in total. The van der Waals surface area contributed by atoms with Crippen LogP contribution in [0, 0.1) is 0 Å². The monoisotopic (exact) mass is 335 g/mol. The molecule has 3 rings (SSSR count). The van der Waals surface area contributed by atoms with Crippen LogP contribution in [-0.4, -0.2) is 38.0 Å². The van der Waals surface area contributed by atoms with E-state index in [2.05, 4.69) is 16.0 Å². The maximum Gasteiger partial charge on any atom is 0.238 e. The lowest BCUT2D eigenvalue weighted by Crippen LogP contribution is -2.28. The summed E-state index contributed by atoms with van der Waals surface area (Å²) in [5.74, 6) is 0.646. The Hall–Kier alpha value is -1.83. The molecule has 1 fully saturated rings. The predicted molar refractivity (Wildman–Crippen MR) is 87.7 cm³/mol.